The SMILES string of the molecule is C=NCC/C=C/C. The second-order valence-corrected chi connectivity index (χ2v) is 1.30. The monoisotopic (exact) mass is 97.1 g/mol. The maximum absolute atomic E-state index is 3.67. The highest BCUT2D eigenvalue weighted by Gasteiger charge is 1.68. The van der Waals surface area contributed by atoms with Crippen LogP contribution in [0.25, 0.3) is 0 Å². The smallest absolute Gasteiger partial charge is 0.0416 e. The summed E-state index contributed by atoms with van der Waals surface area (Å²) in [5.41, 5.74) is 0. The van der Waals surface area contributed by atoms with E-state index in [1.807, 2.05) is 13.0 Å². The van der Waals surface area contributed by atoms with Gasteiger partial charge in [-0.15, -0.1) is 0 Å². The van der Waals surface area contributed by atoms with Gasteiger partial charge in [-0.05, 0) is 20.1 Å². The topological polar surface area (TPSA) is 12.4 Å². The first-order valence-electron chi connectivity index (χ1n) is 2.45. The Hall–Kier alpha value is -0.590. The molecular weight excluding hydrogens is 86.1 g/mol. The van der Waals surface area contributed by atoms with Gasteiger partial charge in [0.05, 0.1) is 0 Å². The van der Waals surface area contributed by atoms with Crippen LogP contribution in [0.15, 0.2) is 17.1 Å². The lowest BCUT2D eigenvalue weighted by Crippen LogP contribution is -1.70. The van der Waals surface area contributed by atoms with Crippen LogP contribution in [0.2, 0.25) is 0 Å². The lowest BCUT2D eigenvalue weighted by Gasteiger charge is -1.79. The van der Waals surface area contributed by atoms with Gasteiger partial charge in [0.25, 0.3) is 0 Å². The average molecular weight is 97.2 g/mol. The fraction of sp³-hybridized carbons (Fsp3) is 0.500. The van der Waals surface area contributed by atoms with E-state index in [0.717, 1.165) is 13.0 Å². The zero-order chi connectivity index (χ0) is 5.54. The molecule has 0 heterocycles. The number of rotatable bonds is 3. The largest absolute Gasteiger partial charge is 0.301 e. The van der Waals surface area contributed by atoms with Crippen molar-refractivity contribution in [2.24, 2.45) is 4.99 Å². The molecule has 0 aliphatic rings. The first-order chi connectivity index (χ1) is 3.41. The van der Waals surface area contributed by atoms with Crippen molar-refractivity contribution in [3.05, 3.63) is 12.2 Å². The molecule has 0 fully saturated rings. The molecule has 0 spiro atoms. The zero-order valence-electron chi connectivity index (χ0n) is 4.72. The summed E-state index contributed by atoms with van der Waals surface area (Å²) >= 11 is 0. The van der Waals surface area contributed by atoms with Crippen LogP contribution in [0.1, 0.15) is 13.3 Å². The summed E-state index contributed by atoms with van der Waals surface area (Å²) in [6.07, 6.45) is 5.12. The minimum Gasteiger partial charge on any atom is -0.301 e. The Balaban J connectivity index is 2.82. The van der Waals surface area contributed by atoms with Gasteiger partial charge in [0, 0.05) is 6.54 Å². The van der Waals surface area contributed by atoms with Crippen molar-refractivity contribution in [3.63, 3.8) is 0 Å². The van der Waals surface area contributed by atoms with Crippen LogP contribution in [-0.4, -0.2) is 13.3 Å². The Bertz CT molecular complexity index is 64.6. The maximum atomic E-state index is 3.67. The van der Waals surface area contributed by atoms with Crippen LogP contribution in [0.5, 0.6) is 0 Å². The van der Waals surface area contributed by atoms with Gasteiger partial charge in [0.1, 0.15) is 0 Å². The highest BCUT2D eigenvalue weighted by Crippen LogP contribution is 1.80. The Kier molecular flexibility index (Phi) is 4.95. The number of aliphatic imine (C=N–C) groups is 1. The van der Waals surface area contributed by atoms with Gasteiger partial charge in [-0.3, -0.25) is 0 Å². The molecule has 0 aromatic carbocycles. The van der Waals surface area contributed by atoms with E-state index in [1.165, 1.54) is 0 Å². The molecule has 0 amide bonds. The van der Waals surface area contributed by atoms with Crippen molar-refractivity contribution < 1.29 is 0 Å². The molecule has 0 saturated heterocycles. The van der Waals surface area contributed by atoms with E-state index < -0.39 is 0 Å². The highest BCUT2D eigenvalue weighted by molar-refractivity contribution is 5.23. The minimum absolute atomic E-state index is 0.852. The summed E-state index contributed by atoms with van der Waals surface area (Å²) < 4.78 is 0. The van der Waals surface area contributed by atoms with Gasteiger partial charge in [-0.1, -0.05) is 12.2 Å². The second kappa shape index (κ2) is 5.41. The van der Waals surface area contributed by atoms with E-state index in [1.54, 1.807) is 0 Å². The van der Waals surface area contributed by atoms with E-state index in [2.05, 4.69) is 17.8 Å². The molecule has 1 heteroatoms. The van der Waals surface area contributed by atoms with Crippen molar-refractivity contribution in [1.82, 2.24) is 0 Å². The van der Waals surface area contributed by atoms with Crippen molar-refractivity contribution in [2.45, 2.75) is 13.3 Å². The van der Waals surface area contributed by atoms with Crippen molar-refractivity contribution >= 4 is 6.72 Å². The van der Waals surface area contributed by atoms with Crippen LogP contribution in [0, 0.1) is 0 Å². The third-order valence-electron chi connectivity index (χ3n) is 0.690. The Morgan fingerprint density at radius 1 is 1.71 bits per heavy atom. The molecule has 1 nitrogen and oxygen atoms in total. The number of hydrogen-bond donors (Lipinski definition) is 0. The fourth-order valence-corrected chi connectivity index (χ4v) is 0.332. The van der Waals surface area contributed by atoms with Gasteiger partial charge in [-0.25, -0.2) is 0 Å². The number of allylic oxidation sites excluding steroid dienone is 1. The van der Waals surface area contributed by atoms with Crippen LogP contribution >= 0.6 is 0 Å². The van der Waals surface area contributed by atoms with Crippen LogP contribution in [0.3, 0.4) is 0 Å². The summed E-state index contributed by atoms with van der Waals surface area (Å²) in [4.78, 5) is 3.67. The summed E-state index contributed by atoms with van der Waals surface area (Å²) in [6.45, 7) is 6.20. The molecule has 0 N–H and O–H groups in total. The summed E-state index contributed by atoms with van der Waals surface area (Å²) in [6, 6.07) is 0. The van der Waals surface area contributed by atoms with Gasteiger partial charge < -0.3 is 4.99 Å². The van der Waals surface area contributed by atoms with E-state index in [0.29, 0.717) is 0 Å². The van der Waals surface area contributed by atoms with Crippen LogP contribution in [-0.2, 0) is 0 Å². The summed E-state index contributed by atoms with van der Waals surface area (Å²) in [5.74, 6) is 0. The Labute approximate surface area is 44.8 Å². The van der Waals surface area contributed by atoms with Crippen LogP contribution < -0.4 is 0 Å². The lowest BCUT2D eigenvalue weighted by molar-refractivity contribution is 1.02. The van der Waals surface area contributed by atoms with E-state index in [-0.39, 0.29) is 0 Å². The Morgan fingerprint density at radius 3 is 2.86 bits per heavy atom. The number of nitrogens with zero attached hydrogens (tertiary/aromatic N) is 1. The summed E-state index contributed by atoms with van der Waals surface area (Å²) in [7, 11) is 0. The molecule has 7 heavy (non-hydrogen) atoms. The lowest BCUT2D eigenvalue weighted by atomic mass is 10.4. The molecule has 0 saturated carbocycles. The van der Waals surface area contributed by atoms with Gasteiger partial charge in [0.2, 0.25) is 0 Å². The predicted molar refractivity (Wildman–Crippen MR) is 33.8 cm³/mol. The second-order valence-electron chi connectivity index (χ2n) is 1.30. The highest BCUT2D eigenvalue weighted by atomic mass is 14.7. The normalized spacial score (nSPS) is 9.86. The van der Waals surface area contributed by atoms with Crippen LogP contribution in [0.4, 0.5) is 0 Å². The van der Waals surface area contributed by atoms with E-state index in [4.69, 9.17) is 0 Å². The molecule has 0 bridgehead atoms. The third kappa shape index (κ3) is 5.41. The first-order valence-corrected chi connectivity index (χ1v) is 2.45. The molecule has 0 radical (unpaired) electrons. The molecule has 0 aliphatic carbocycles. The molecule has 0 aliphatic heterocycles. The van der Waals surface area contributed by atoms with Gasteiger partial charge in [0.15, 0.2) is 0 Å². The van der Waals surface area contributed by atoms with E-state index >= 15 is 0 Å². The number of hydrogen-bond acceptors (Lipinski definition) is 1. The zero-order valence-corrected chi connectivity index (χ0v) is 4.72. The first kappa shape index (κ1) is 6.41. The quantitative estimate of drug-likeness (QED) is 0.288. The summed E-state index contributed by atoms with van der Waals surface area (Å²) in [5, 5.41) is 0. The maximum Gasteiger partial charge on any atom is 0.0416 e. The Morgan fingerprint density at radius 2 is 2.43 bits per heavy atom. The molecule has 0 aromatic heterocycles. The third-order valence-corrected chi connectivity index (χ3v) is 0.690. The predicted octanol–water partition coefficient (Wildman–Crippen LogP) is 1.65. The van der Waals surface area contributed by atoms with Gasteiger partial charge in [-0.2, -0.15) is 0 Å². The molecule has 0 rings (SSSR count). The molecule has 0 aromatic rings. The molecular formula is C6H11N. The standard InChI is InChI=1S/C6H11N/c1-3-4-5-6-7-2/h3-4H,2,5-6H2,1H3/b4-3+. The fourth-order valence-electron chi connectivity index (χ4n) is 0.332. The van der Waals surface area contributed by atoms with Crippen molar-refractivity contribution in [1.29, 1.82) is 0 Å². The molecule has 40 valence electrons. The van der Waals surface area contributed by atoms with E-state index in [9.17, 15) is 0 Å². The average Bonchev–Trinajstić information content (AvgIpc) is 1.69. The van der Waals surface area contributed by atoms with Crippen molar-refractivity contribution in [2.75, 3.05) is 6.54 Å². The van der Waals surface area contributed by atoms with Crippen molar-refractivity contribution in [3.8, 4) is 0 Å². The molecule has 0 unspecified atom stereocenters. The van der Waals surface area contributed by atoms with Gasteiger partial charge >= 0.3 is 0 Å². The minimum atomic E-state index is 0.852. The molecule has 0 atom stereocenters.